The van der Waals surface area contributed by atoms with Crippen LogP contribution in [0.4, 0.5) is 5.69 Å². The van der Waals surface area contributed by atoms with Gasteiger partial charge in [-0.2, -0.15) is 9.78 Å². The molecule has 2 fully saturated rings. The van der Waals surface area contributed by atoms with Crippen LogP contribution in [-0.4, -0.2) is 59.5 Å². The second-order valence-corrected chi connectivity index (χ2v) is 9.39. The molecule has 1 aromatic heterocycles. The van der Waals surface area contributed by atoms with Gasteiger partial charge in [-0.1, -0.05) is 25.4 Å². The molecule has 0 aliphatic carbocycles. The van der Waals surface area contributed by atoms with Crippen molar-refractivity contribution in [2.45, 2.75) is 39.2 Å². The summed E-state index contributed by atoms with van der Waals surface area (Å²) >= 11 is 6.35. The van der Waals surface area contributed by atoms with E-state index in [1.54, 1.807) is 30.5 Å². The molecule has 178 valence electrons. The Labute approximate surface area is 198 Å². The SMILES string of the molecule is CC(C)C(=O)N1CC[C@H](Oc2ccc(-n3ncc(NC[C@@H]4CCCOC4)c(Cl)c3=O)cc2)C1. The van der Waals surface area contributed by atoms with Gasteiger partial charge in [0.25, 0.3) is 5.56 Å². The molecular weight excluding hydrogens is 444 g/mol. The Morgan fingerprint density at radius 3 is 2.79 bits per heavy atom. The summed E-state index contributed by atoms with van der Waals surface area (Å²) in [5, 5.41) is 7.64. The number of hydrogen-bond donors (Lipinski definition) is 1. The van der Waals surface area contributed by atoms with Gasteiger partial charge in [0.2, 0.25) is 5.91 Å². The molecule has 1 amide bonds. The van der Waals surface area contributed by atoms with Gasteiger partial charge in [-0.25, -0.2) is 0 Å². The van der Waals surface area contributed by atoms with E-state index in [9.17, 15) is 9.59 Å². The first-order valence-electron chi connectivity index (χ1n) is 11.6. The number of nitrogens with zero attached hydrogens (tertiary/aromatic N) is 3. The van der Waals surface area contributed by atoms with Crippen molar-refractivity contribution in [3.05, 3.63) is 45.8 Å². The van der Waals surface area contributed by atoms with Crippen LogP contribution in [0.1, 0.15) is 33.1 Å². The first-order chi connectivity index (χ1) is 15.9. The van der Waals surface area contributed by atoms with Crippen molar-refractivity contribution < 1.29 is 14.3 Å². The number of rotatable bonds is 7. The van der Waals surface area contributed by atoms with Gasteiger partial charge in [-0.05, 0) is 43.0 Å². The second-order valence-electron chi connectivity index (χ2n) is 9.01. The maximum atomic E-state index is 12.8. The number of halogens is 1. The fraction of sp³-hybridized carbons (Fsp3) is 0.542. The summed E-state index contributed by atoms with van der Waals surface area (Å²) in [6, 6.07) is 7.16. The molecule has 3 heterocycles. The van der Waals surface area contributed by atoms with E-state index in [1.165, 1.54) is 4.68 Å². The van der Waals surface area contributed by atoms with Crippen molar-refractivity contribution in [3.8, 4) is 11.4 Å². The van der Waals surface area contributed by atoms with E-state index in [4.69, 9.17) is 21.1 Å². The van der Waals surface area contributed by atoms with Gasteiger partial charge in [0, 0.05) is 32.0 Å². The van der Waals surface area contributed by atoms with E-state index in [0.717, 1.165) is 32.5 Å². The molecule has 2 aliphatic heterocycles. The highest BCUT2D eigenvalue weighted by molar-refractivity contribution is 6.32. The number of aromatic nitrogens is 2. The van der Waals surface area contributed by atoms with Crippen LogP contribution in [0.2, 0.25) is 5.02 Å². The summed E-state index contributed by atoms with van der Waals surface area (Å²) in [5.41, 5.74) is 0.753. The minimum absolute atomic E-state index is 0.0106. The Hall–Kier alpha value is -2.58. The summed E-state index contributed by atoms with van der Waals surface area (Å²) in [4.78, 5) is 26.8. The summed E-state index contributed by atoms with van der Waals surface area (Å²) in [5.74, 6) is 1.24. The molecule has 4 rings (SSSR count). The summed E-state index contributed by atoms with van der Waals surface area (Å²) in [7, 11) is 0. The zero-order chi connectivity index (χ0) is 23.4. The molecule has 0 spiro atoms. The average Bonchev–Trinajstić information content (AvgIpc) is 3.29. The van der Waals surface area contributed by atoms with Crippen LogP contribution in [-0.2, 0) is 9.53 Å². The maximum absolute atomic E-state index is 12.8. The molecule has 2 atom stereocenters. The Morgan fingerprint density at radius 1 is 1.30 bits per heavy atom. The summed E-state index contributed by atoms with van der Waals surface area (Å²) in [6.45, 7) is 7.35. The third-order valence-electron chi connectivity index (χ3n) is 6.09. The zero-order valence-corrected chi connectivity index (χ0v) is 19.9. The van der Waals surface area contributed by atoms with Crippen LogP contribution in [0.3, 0.4) is 0 Å². The molecule has 9 heteroatoms. The molecule has 0 radical (unpaired) electrons. The number of likely N-dealkylation sites (tertiary alicyclic amines) is 1. The van der Waals surface area contributed by atoms with Gasteiger partial charge in [0.1, 0.15) is 16.9 Å². The monoisotopic (exact) mass is 474 g/mol. The Morgan fingerprint density at radius 2 is 2.09 bits per heavy atom. The lowest BCUT2D eigenvalue weighted by molar-refractivity contribution is -0.133. The number of ether oxygens (including phenoxy) is 2. The van der Waals surface area contributed by atoms with E-state index < -0.39 is 0 Å². The molecule has 1 N–H and O–H groups in total. The summed E-state index contributed by atoms with van der Waals surface area (Å²) in [6.07, 6.45) is 4.49. The minimum Gasteiger partial charge on any atom is -0.489 e. The zero-order valence-electron chi connectivity index (χ0n) is 19.1. The van der Waals surface area contributed by atoms with E-state index in [1.807, 2.05) is 18.7 Å². The number of anilines is 1. The lowest BCUT2D eigenvalue weighted by Gasteiger charge is -2.22. The molecule has 0 unspecified atom stereocenters. The standard InChI is InChI=1S/C24H31ClN4O4/c1-16(2)23(30)28-10-9-20(14-28)33-19-7-5-18(6-8-19)29-24(31)22(25)21(13-27-29)26-12-17-4-3-11-32-15-17/h5-8,13,16-17,20,26H,3-4,9-12,14-15H2,1-2H3/t17-,20-/m0/s1. The van der Waals surface area contributed by atoms with E-state index in [2.05, 4.69) is 10.4 Å². The average molecular weight is 475 g/mol. The topological polar surface area (TPSA) is 85.7 Å². The van der Waals surface area contributed by atoms with Crippen LogP contribution in [0.5, 0.6) is 5.75 Å². The first-order valence-corrected chi connectivity index (χ1v) is 12.0. The number of carbonyl (C=O) groups excluding carboxylic acids is 1. The highest BCUT2D eigenvalue weighted by Gasteiger charge is 2.28. The van der Waals surface area contributed by atoms with Gasteiger partial charge in [0.15, 0.2) is 0 Å². The van der Waals surface area contributed by atoms with Gasteiger partial charge < -0.3 is 19.7 Å². The predicted octanol–water partition coefficient (Wildman–Crippen LogP) is 3.36. The van der Waals surface area contributed by atoms with Crippen molar-refractivity contribution in [1.29, 1.82) is 0 Å². The van der Waals surface area contributed by atoms with E-state index in [0.29, 0.717) is 42.7 Å². The van der Waals surface area contributed by atoms with Gasteiger partial charge in [-0.3, -0.25) is 9.59 Å². The Balaban J connectivity index is 1.38. The first kappa shape index (κ1) is 23.6. The molecule has 1 aromatic carbocycles. The largest absolute Gasteiger partial charge is 0.489 e. The van der Waals surface area contributed by atoms with Crippen LogP contribution >= 0.6 is 11.6 Å². The quantitative estimate of drug-likeness (QED) is 0.662. The van der Waals surface area contributed by atoms with E-state index >= 15 is 0 Å². The van der Waals surface area contributed by atoms with Crippen LogP contribution in [0.25, 0.3) is 5.69 Å². The number of amides is 1. The van der Waals surface area contributed by atoms with Crippen LogP contribution < -0.4 is 15.6 Å². The predicted molar refractivity (Wildman–Crippen MR) is 127 cm³/mol. The van der Waals surface area contributed by atoms with Gasteiger partial charge >= 0.3 is 0 Å². The molecule has 0 saturated carbocycles. The fourth-order valence-electron chi connectivity index (χ4n) is 4.21. The normalized spacial score (nSPS) is 20.8. The molecule has 8 nitrogen and oxygen atoms in total. The third kappa shape index (κ3) is 5.68. The van der Waals surface area contributed by atoms with Crippen molar-refractivity contribution in [3.63, 3.8) is 0 Å². The fourth-order valence-corrected chi connectivity index (χ4v) is 4.41. The highest BCUT2D eigenvalue weighted by atomic mass is 35.5. The third-order valence-corrected chi connectivity index (χ3v) is 6.45. The molecule has 2 aromatic rings. The molecule has 0 bridgehead atoms. The van der Waals surface area contributed by atoms with Crippen molar-refractivity contribution in [2.75, 3.05) is 38.2 Å². The molecular formula is C24H31ClN4O4. The molecule has 2 aliphatic rings. The minimum atomic E-state index is -0.381. The van der Waals surface area contributed by atoms with Gasteiger partial charge in [-0.15, -0.1) is 0 Å². The second kappa shape index (κ2) is 10.6. The van der Waals surface area contributed by atoms with Crippen molar-refractivity contribution in [2.24, 2.45) is 11.8 Å². The Kier molecular flexibility index (Phi) is 7.55. The highest BCUT2D eigenvalue weighted by Crippen LogP contribution is 2.23. The molecule has 33 heavy (non-hydrogen) atoms. The van der Waals surface area contributed by atoms with Crippen LogP contribution in [0, 0.1) is 11.8 Å². The van der Waals surface area contributed by atoms with Crippen molar-refractivity contribution >= 4 is 23.2 Å². The summed E-state index contributed by atoms with van der Waals surface area (Å²) < 4.78 is 12.8. The number of benzene rings is 1. The van der Waals surface area contributed by atoms with Crippen molar-refractivity contribution in [1.82, 2.24) is 14.7 Å². The smallest absolute Gasteiger partial charge is 0.292 e. The lowest BCUT2D eigenvalue weighted by Crippen LogP contribution is -2.33. The van der Waals surface area contributed by atoms with Crippen LogP contribution in [0.15, 0.2) is 35.3 Å². The number of carbonyl (C=O) groups is 1. The van der Waals surface area contributed by atoms with Gasteiger partial charge in [0.05, 0.1) is 30.7 Å². The molecule has 2 saturated heterocycles. The maximum Gasteiger partial charge on any atom is 0.292 e. The number of nitrogens with one attached hydrogen (secondary N) is 1. The lowest BCUT2D eigenvalue weighted by atomic mass is 10.0. The number of hydrogen-bond acceptors (Lipinski definition) is 6. The Bertz CT molecular complexity index is 1020. The van der Waals surface area contributed by atoms with E-state index in [-0.39, 0.29) is 28.5 Å².